The number of halogens is 4. The molecule has 0 atom stereocenters. The van der Waals surface area contributed by atoms with Crippen molar-refractivity contribution in [1.82, 2.24) is 19.9 Å². The van der Waals surface area contributed by atoms with Gasteiger partial charge in [-0.1, -0.05) is 12.5 Å². The van der Waals surface area contributed by atoms with E-state index in [1.807, 2.05) is 6.07 Å². The third-order valence-corrected chi connectivity index (χ3v) is 4.90. The summed E-state index contributed by atoms with van der Waals surface area (Å²) in [5, 5.41) is 7.12. The van der Waals surface area contributed by atoms with Gasteiger partial charge in [-0.2, -0.15) is 18.2 Å². The number of carboxylic acids is 1. The van der Waals surface area contributed by atoms with Gasteiger partial charge in [0.15, 0.2) is 11.6 Å². The number of carboxylic acid groups (broad SMARTS) is 1. The molecule has 1 fully saturated rings. The number of ether oxygens (including phenoxy) is 1. The quantitative estimate of drug-likeness (QED) is 0.466. The molecule has 0 bridgehead atoms. The first-order valence-corrected chi connectivity index (χ1v) is 9.95. The van der Waals surface area contributed by atoms with Crippen LogP contribution in [0.15, 0.2) is 30.6 Å². The molecular weight excluding hydrogens is 460 g/mol. The molecule has 1 aromatic carbocycles. The number of benzene rings is 1. The summed E-state index contributed by atoms with van der Waals surface area (Å²) in [5.41, 5.74) is 12.8. The second-order valence-corrected chi connectivity index (χ2v) is 7.38. The minimum atomic E-state index is -5.08. The molecule has 9 nitrogen and oxygen atoms in total. The van der Waals surface area contributed by atoms with Gasteiger partial charge in [-0.15, -0.1) is 0 Å². The van der Waals surface area contributed by atoms with Crippen LogP contribution in [0.4, 0.5) is 29.2 Å². The van der Waals surface area contributed by atoms with Gasteiger partial charge in [0.1, 0.15) is 17.5 Å². The van der Waals surface area contributed by atoms with Crippen LogP contribution in [-0.4, -0.2) is 37.2 Å². The molecule has 3 aromatic rings. The van der Waals surface area contributed by atoms with Crippen LogP contribution in [0.25, 0.3) is 11.3 Å². The maximum Gasteiger partial charge on any atom is 0.490 e. The molecule has 4 rings (SSSR count). The molecule has 5 N–H and O–H groups in total. The fourth-order valence-electron chi connectivity index (χ4n) is 3.11. The van der Waals surface area contributed by atoms with E-state index >= 15 is 4.39 Å². The minimum Gasteiger partial charge on any atom is -0.475 e. The molecule has 0 amide bonds. The zero-order chi connectivity index (χ0) is 25.0. The van der Waals surface area contributed by atoms with E-state index in [-0.39, 0.29) is 29.2 Å². The van der Waals surface area contributed by atoms with Crippen molar-refractivity contribution in [2.75, 3.05) is 11.5 Å². The summed E-state index contributed by atoms with van der Waals surface area (Å²) < 4.78 is 53.0. The number of nitrogens with zero attached hydrogens (tertiary/aromatic N) is 4. The summed E-state index contributed by atoms with van der Waals surface area (Å²) in [4.78, 5) is 25.3. The van der Waals surface area contributed by atoms with Crippen LogP contribution in [0.5, 0.6) is 11.6 Å². The van der Waals surface area contributed by atoms with Crippen molar-refractivity contribution in [3.8, 4) is 22.9 Å². The van der Waals surface area contributed by atoms with E-state index < -0.39 is 18.0 Å². The van der Waals surface area contributed by atoms with E-state index in [9.17, 15) is 13.2 Å². The number of hydrogen-bond donors (Lipinski definition) is 3. The molecule has 34 heavy (non-hydrogen) atoms. The number of aromatic nitrogens is 4. The first-order valence-electron chi connectivity index (χ1n) is 9.95. The van der Waals surface area contributed by atoms with Crippen molar-refractivity contribution in [2.24, 2.45) is 0 Å². The normalized spacial score (nSPS) is 13.4. The Labute approximate surface area is 190 Å². The van der Waals surface area contributed by atoms with Crippen LogP contribution in [0.1, 0.15) is 36.6 Å². The van der Waals surface area contributed by atoms with Gasteiger partial charge in [0.2, 0.25) is 5.88 Å². The number of anilines is 2. The first-order chi connectivity index (χ1) is 16.0. The molecule has 2 aromatic heterocycles. The largest absolute Gasteiger partial charge is 0.490 e. The molecule has 0 unspecified atom stereocenters. The average molecular weight is 480 g/mol. The lowest BCUT2D eigenvalue weighted by Gasteiger charge is -2.28. The fourth-order valence-corrected chi connectivity index (χ4v) is 3.11. The number of carbonyl (C=O) groups is 1. The molecule has 13 heteroatoms. The smallest absolute Gasteiger partial charge is 0.475 e. The van der Waals surface area contributed by atoms with Crippen molar-refractivity contribution in [3.63, 3.8) is 0 Å². The molecule has 0 radical (unpaired) electrons. The third kappa shape index (κ3) is 5.85. The zero-order valence-electron chi connectivity index (χ0n) is 17.8. The Bertz CT molecular complexity index is 1160. The molecule has 2 heterocycles. The number of nitrogens with two attached hydrogens (primary N) is 2. The van der Waals surface area contributed by atoms with Gasteiger partial charge >= 0.3 is 12.1 Å². The summed E-state index contributed by atoms with van der Waals surface area (Å²) in [6.45, 7) is 1.70. The van der Waals surface area contributed by atoms with Crippen LogP contribution in [0.2, 0.25) is 0 Å². The van der Waals surface area contributed by atoms with Crippen LogP contribution in [0.3, 0.4) is 0 Å². The predicted octanol–water partition coefficient (Wildman–Crippen LogP) is 4.24. The molecule has 0 aliphatic heterocycles. The minimum absolute atomic E-state index is 0.147. The highest BCUT2D eigenvalue weighted by molar-refractivity contribution is 5.73. The molecule has 1 aliphatic carbocycles. The third-order valence-electron chi connectivity index (χ3n) is 4.90. The summed E-state index contributed by atoms with van der Waals surface area (Å²) in [7, 11) is 0. The molecule has 1 aliphatic rings. The first kappa shape index (κ1) is 24.6. The Kier molecular flexibility index (Phi) is 7.13. The lowest BCUT2D eigenvalue weighted by molar-refractivity contribution is -0.192. The van der Waals surface area contributed by atoms with Crippen LogP contribution >= 0.6 is 0 Å². The molecule has 0 spiro atoms. The van der Waals surface area contributed by atoms with E-state index in [1.165, 1.54) is 18.5 Å². The number of aliphatic carboxylic acids is 1. The molecule has 0 saturated heterocycles. The van der Waals surface area contributed by atoms with Gasteiger partial charge in [-0.05, 0) is 31.7 Å². The Balaban J connectivity index is 0.000000406. The van der Waals surface area contributed by atoms with Gasteiger partial charge < -0.3 is 21.3 Å². The number of aryl methyl sites for hydroxylation is 1. The zero-order valence-corrected chi connectivity index (χ0v) is 17.8. The Morgan fingerprint density at radius 3 is 2.29 bits per heavy atom. The summed E-state index contributed by atoms with van der Waals surface area (Å²) >= 11 is 0. The number of rotatable bonds is 4. The SMILES string of the molecule is Cc1nc(N)cc(Oc2c(C3CCC3)ccc(-c3cnc(N)cn3)c2F)n1.O=C(O)C(F)(F)F. The molecule has 1 saturated carbocycles. The summed E-state index contributed by atoms with van der Waals surface area (Å²) in [5.74, 6) is -1.65. The van der Waals surface area contributed by atoms with Crippen molar-refractivity contribution in [1.29, 1.82) is 0 Å². The van der Waals surface area contributed by atoms with Crippen molar-refractivity contribution >= 4 is 17.6 Å². The van der Waals surface area contributed by atoms with E-state index in [2.05, 4.69) is 19.9 Å². The van der Waals surface area contributed by atoms with Crippen LogP contribution < -0.4 is 16.2 Å². The number of hydrogen-bond acceptors (Lipinski definition) is 8. The highest BCUT2D eigenvalue weighted by Crippen LogP contribution is 2.44. The molecular formula is C21H20F4N6O3. The van der Waals surface area contributed by atoms with E-state index in [4.69, 9.17) is 26.1 Å². The lowest BCUT2D eigenvalue weighted by Crippen LogP contribution is -2.21. The van der Waals surface area contributed by atoms with Crippen molar-refractivity contribution < 1.29 is 32.2 Å². The fraction of sp³-hybridized carbons (Fsp3) is 0.286. The van der Waals surface area contributed by atoms with E-state index in [1.54, 1.807) is 13.0 Å². The van der Waals surface area contributed by atoms with Gasteiger partial charge in [-0.25, -0.2) is 19.2 Å². The topological polar surface area (TPSA) is 150 Å². The Morgan fingerprint density at radius 1 is 1.12 bits per heavy atom. The highest BCUT2D eigenvalue weighted by Gasteiger charge is 2.38. The summed E-state index contributed by atoms with van der Waals surface area (Å²) in [6.07, 6.45) is 0.872. The van der Waals surface area contributed by atoms with Gasteiger partial charge in [0, 0.05) is 17.2 Å². The number of alkyl halides is 3. The van der Waals surface area contributed by atoms with E-state index in [0.29, 0.717) is 17.1 Å². The molecule has 180 valence electrons. The number of nitrogen functional groups attached to an aromatic ring is 2. The van der Waals surface area contributed by atoms with Gasteiger partial charge in [-0.3, -0.25) is 4.98 Å². The van der Waals surface area contributed by atoms with E-state index in [0.717, 1.165) is 24.8 Å². The van der Waals surface area contributed by atoms with Gasteiger partial charge in [0.25, 0.3) is 0 Å². The second-order valence-electron chi connectivity index (χ2n) is 7.38. The van der Waals surface area contributed by atoms with Crippen LogP contribution in [-0.2, 0) is 4.79 Å². The lowest BCUT2D eigenvalue weighted by atomic mass is 9.79. The maximum absolute atomic E-state index is 15.4. The predicted molar refractivity (Wildman–Crippen MR) is 113 cm³/mol. The van der Waals surface area contributed by atoms with Gasteiger partial charge in [0.05, 0.1) is 18.1 Å². The maximum atomic E-state index is 15.4. The van der Waals surface area contributed by atoms with Crippen LogP contribution in [0, 0.1) is 12.7 Å². The highest BCUT2D eigenvalue weighted by atomic mass is 19.4. The van der Waals surface area contributed by atoms with Crippen molar-refractivity contribution in [2.45, 2.75) is 38.3 Å². The average Bonchev–Trinajstić information content (AvgIpc) is 2.69. The standard InChI is InChI=1S/C19H19FN6O.C2HF3O2/c1-10-25-15(21)7-17(26-10)27-19-12(11-3-2-4-11)5-6-13(18(19)20)14-8-24-16(22)9-23-14;3-2(4,5)1(6)7/h5-9,11H,2-4H2,1H3,(H2,22,24)(H2,21,25,26);(H,6,7). The van der Waals surface area contributed by atoms with Crippen molar-refractivity contribution in [3.05, 3.63) is 47.8 Å². The summed E-state index contributed by atoms with van der Waals surface area (Å²) in [6, 6.07) is 5.06. The Hall–Kier alpha value is -4.03. The monoisotopic (exact) mass is 480 g/mol. The Morgan fingerprint density at radius 2 is 1.79 bits per heavy atom. The second kappa shape index (κ2) is 9.85.